The van der Waals surface area contributed by atoms with Gasteiger partial charge in [-0.2, -0.15) is 0 Å². The number of aryl methyl sites for hydroxylation is 2. The molecule has 3 aromatic rings. The van der Waals surface area contributed by atoms with Crippen LogP contribution >= 0.6 is 11.3 Å². The van der Waals surface area contributed by atoms with Gasteiger partial charge in [-0.3, -0.25) is 4.79 Å². The Morgan fingerprint density at radius 2 is 2.24 bits per heavy atom. The third-order valence-electron chi connectivity index (χ3n) is 4.48. The molecular formula is C17H20N6OS. The number of aromatic nitrogens is 4. The van der Waals surface area contributed by atoms with Crippen molar-refractivity contribution < 1.29 is 0 Å². The molecule has 1 aliphatic rings. The minimum absolute atomic E-state index is 0.142. The molecule has 0 spiro atoms. The van der Waals surface area contributed by atoms with Gasteiger partial charge < -0.3 is 15.2 Å². The van der Waals surface area contributed by atoms with Crippen molar-refractivity contribution in [1.82, 2.24) is 19.9 Å². The summed E-state index contributed by atoms with van der Waals surface area (Å²) < 4.78 is 0. The van der Waals surface area contributed by atoms with E-state index < -0.39 is 0 Å². The maximum Gasteiger partial charge on any atom is 0.290 e. The first-order chi connectivity index (χ1) is 12.1. The molecule has 0 aromatic carbocycles. The van der Waals surface area contributed by atoms with Crippen LogP contribution in [0.5, 0.6) is 0 Å². The lowest BCUT2D eigenvalue weighted by Crippen LogP contribution is -2.44. The highest BCUT2D eigenvalue weighted by Gasteiger charge is 2.24. The van der Waals surface area contributed by atoms with E-state index in [4.69, 9.17) is 0 Å². The first-order valence-corrected chi connectivity index (χ1v) is 9.27. The summed E-state index contributed by atoms with van der Waals surface area (Å²) in [6.07, 6.45) is 5.23. The van der Waals surface area contributed by atoms with Gasteiger partial charge >= 0.3 is 0 Å². The van der Waals surface area contributed by atoms with Crippen LogP contribution in [0, 0.1) is 13.8 Å². The number of H-pyrrole nitrogens is 1. The Labute approximate surface area is 149 Å². The lowest BCUT2D eigenvalue weighted by Gasteiger charge is -2.33. The van der Waals surface area contributed by atoms with Crippen LogP contribution in [0.15, 0.2) is 22.6 Å². The van der Waals surface area contributed by atoms with Gasteiger partial charge in [0.2, 0.25) is 0 Å². The van der Waals surface area contributed by atoms with Crippen LogP contribution in [0.4, 0.5) is 11.6 Å². The van der Waals surface area contributed by atoms with Gasteiger partial charge in [0.25, 0.3) is 5.56 Å². The zero-order chi connectivity index (χ0) is 17.4. The lowest BCUT2D eigenvalue weighted by molar-refractivity contribution is 0.524. The average Bonchev–Trinajstić information content (AvgIpc) is 2.96. The number of nitrogens with one attached hydrogen (secondary N) is 2. The number of hydrogen-bond donors (Lipinski definition) is 2. The molecule has 2 N–H and O–H groups in total. The highest BCUT2D eigenvalue weighted by Crippen LogP contribution is 2.30. The van der Waals surface area contributed by atoms with Gasteiger partial charge in [0.05, 0.1) is 5.39 Å². The molecule has 1 unspecified atom stereocenters. The Morgan fingerprint density at radius 1 is 1.36 bits per heavy atom. The third-order valence-corrected chi connectivity index (χ3v) is 5.47. The second kappa shape index (κ2) is 6.44. The van der Waals surface area contributed by atoms with Crippen molar-refractivity contribution in [2.24, 2.45) is 0 Å². The molecule has 0 amide bonds. The van der Waals surface area contributed by atoms with E-state index in [1.807, 2.05) is 11.8 Å². The van der Waals surface area contributed by atoms with Crippen molar-refractivity contribution in [2.45, 2.75) is 32.7 Å². The predicted octanol–water partition coefficient (Wildman–Crippen LogP) is 2.47. The second-order valence-electron chi connectivity index (χ2n) is 6.39. The average molecular weight is 356 g/mol. The molecule has 130 valence electrons. The van der Waals surface area contributed by atoms with Crippen LogP contribution in [-0.4, -0.2) is 39.1 Å². The highest BCUT2D eigenvalue weighted by molar-refractivity contribution is 7.17. The maximum absolute atomic E-state index is 12.0. The van der Waals surface area contributed by atoms with E-state index in [2.05, 4.69) is 37.6 Å². The van der Waals surface area contributed by atoms with E-state index in [0.717, 1.165) is 47.8 Å². The number of thiophene rings is 1. The standard InChI is InChI=1S/C17H20N6OS/c1-10-9-25-17-13(10)14(20-11(2)21-17)22-12-4-3-7-23(8-12)15-16(24)19-6-5-18-15/h5-6,9,12H,3-4,7-8H2,1-2H3,(H,19,24)(H,20,21,22). The summed E-state index contributed by atoms with van der Waals surface area (Å²) >= 11 is 1.65. The smallest absolute Gasteiger partial charge is 0.290 e. The topological polar surface area (TPSA) is 86.8 Å². The number of fused-ring (bicyclic) bond motifs is 1. The fourth-order valence-electron chi connectivity index (χ4n) is 3.35. The Bertz CT molecular complexity index is 965. The summed E-state index contributed by atoms with van der Waals surface area (Å²) in [4.78, 5) is 31.2. The zero-order valence-electron chi connectivity index (χ0n) is 14.2. The quantitative estimate of drug-likeness (QED) is 0.750. The molecule has 25 heavy (non-hydrogen) atoms. The maximum atomic E-state index is 12.0. The molecule has 1 atom stereocenters. The summed E-state index contributed by atoms with van der Waals surface area (Å²) in [6, 6.07) is 0.215. The van der Waals surface area contributed by atoms with Gasteiger partial charge in [-0.05, 0) is 37.6 Å². The van der Waals surface area contributed by atoms with Crippen molar-refractivity contribution in [1.29, 1.82) is 0 Å². The first kappa shape index (κ1) is 16.0. The SMILES string of the molecule is Cc1nc(NC2CCCN(c3ncc[nH]c3=O)C2)c2c(C)csc2n1. The van der Waals surface area contributed by atoms with Gasteiger partial charge in [0.1, 0.15) is 16.5 Å². The second-order valence-corrected chi connectivity index (χ2v) is 7.25. The molecular weight excluding hydrogens is 336 g/mol. The molecule has 1 fully saturated rings. The largest absolute Gasteiger partial charge is 0.365 e. The summed E-state index contributed by atoms with van der Waals surface area (Å²) in [7, 11) is 0. The fourth-order valence-corrected chi connectivity index (χ4v) is 4.31. The van der Waals surface area contributed by atoms with E-state index in [1.54, 1.807) is 23.7 Å². The van der Waals surface area contributed by atoms with Crippen LogP contribution in [0.3, 0.4) is 0 Å². The van der Waals surface area contributed by atoms with E-state index in [-0.39, 0.29) is 11.6 Å². The molecule has 7 nitrogen and oxygen atoms in total. The minimum Gasteiger partial charge on any atom is -0.365 e. The van der Waals surface area contributed by atoms with Gasteiger partial charge in [0.15, 0.2) is 5.82 Å². The molecule has 3 aromatic heterocycles. The fraction of sp³-hybridized carbons (Fsp3) is 0.412. The van der Waals surface area contributed by atoms with Crippen LogP contribution < -0.4 is 15.8 Å². The van der Waals surface area contributed by atoms with Gasteiger partial charge in [-0.1, -0.05) is 0 Å². The van der Waals surface area contributed by atoms with Crippen molar-refractivity contribution >= 4 is 33.2 Å². The molecule has 0 bridgehead atoms. The van der Waals surface area contributed by atoms with E-state index in [9.17, 15) is 4.79 Å². The molecule has 0 saturated carbocycles. The summed E-state index contributed by atoms with van der Waals surface area (Å²) in [5, 5.41) is 6.80. The molecule has 1 saturated heterocycles. The number of rotatable bonds is 3. The van der Waals surface area contributed by atoms with Crippen LogP contribution in [0.1, 0.15) is 24.2 Å². The van der Waals surface area contributed by atoms with Crippen molar-refractivity contribution in [3.63, 3.8) is 0 Å². The monoisotopic (exact) mass is 356 g/mol. The molecule has 4 rings (SSSR count). The van der Waals surface area contributed by atoms with E-state index in [1.165, 1.54) is 5.56 Å². The molecule has 1 aliphatic heterocycles. The number of anilines is 2. The van der Waals surface area contributed by atoms with Crippen molar-refractivity contribution in [3.8, 4) is 0 Å². The van der Waals surface area contributed by atoms with Gasteiger partial charge in [0, 0.05) is 31.5 Å². The predicted molar refractivity (Wildman–Crippen MR) is 101 cm³/mol. The summed E-state index contributed by atoms with van der Waals surface area (Å²) in [5.74, 6) is 2.15. The highest BCUT2D eigenvalue weighted by atomic mass is 32.1. The number of piperidine rings is 1. The Hall–Kier alpha value is -2.48. The van der Waals surface area contributed by atoms with Gasteiger partial charge in [-0.25, -0.2) is 15.0 Å². The number of nitrogens with zero attached hydrogens (tertiary/aromatic N) is 4. The summed E-state index contributed by atoms with van der Waals surface area (Å²) in [6.45, 7) is 5.57. The zero-order valence-corrected chi connectivity index (χ0v) is 15.1. The molecule has 0 radical (unpaired) electrons. The van der Waals surface area contributed by atoms with Crippen LogP contribution in [0.2, 0.25) is 0 Å². The molecule has 8 heteroatoms. The third kappa shape index (κ3) is 3.09. The Morgan fingerprint density at radius 3 is 3.08 bits per heavy atom. The minimum atomic E-state index is -0.142. The Balaban J connectivity index is 1.60. The number of hydrogen-bond acceptors (Lipinski definition) is 7. The lowest BCUT2D eigenvalue weighted by atomic mass is 10.1. The number of aromatic amines is 1. The van der Waals surface area contributed by atoms with Crippen LogP contribution in [-0.2, 0) is 0 Å². The van der Waals surface area contributed by atoms with Crippen molar-refractivity contribution in [3.05, 3.63) is 39.5 Å². The molecule has 0 aliphatic carbocycles. The van der Waals surface area contributed by atoms with E-state index in [0.29, 0.717) is 5.82 Å². The summed E-state index contributed by atoms with van der Waals surface area (Å²) in [5.41, 5.74) is 1.05. The van der Waals surface area contributed by atoms with E-state index >= 15 is 0 Å². The first-order valence-electron chi connectivity index (χ1n) is 8.39. The van der Waals surface area contributed by atoms with Crippen molar-refractivity contribution in [2.75, 3.05) is 23.3 Å². The van der Waals surface area contributed by atoms with Crippen LogP contribution in [0.25, 0.3) is 10.2 Å². The normalized spacial score (nSPS) is 17.8. The Kier molecular flexibility index (Phi) is 4.12. The van der Waals surface area contributed by atoms with Gasteiger partial charge in [-0.15, -0.1) is 11.3 Å². The molecule has 4 heterocycles.